The monoisotopic (exact) mass is 323 g/mol. The lowest BCUT2D eigenvalue weighted by Crippen LogP contribution is -2.32. The van der Waals surface area contributed by atoms with Crippen molar-refractivity contribution in [3.8, 4) is 5.75 Å². The van der Waals surface area contributed by atoms with E-state index in [-0.39, 0.29) is 0 Å². The number of benzene rings is 2. The van der Waals surface area contributed by atoms with Crippen molar-refractivity contribution in [3.63, 3.8) is 0 Å². The largest absolute Gasteiger partial charge is 0.497 e. The van der Waals surface area contributed by atoms with Gasteiger partial charge in [-0.1, -0.05) is 36.4 Å². The third-order valence-corrected chi connectivity index (χ3v) is 5.23. The van der Waals surface area contributed by atoms with Crippen LogP contribution >= 0.6 is 0 Å². The third kappa shape index (κ3) is 4.39. The van der Waals surface area contributed by atoms with Gasteiger partial charge in [-0.15, -0.1) is 0 Å². The maximum atomic E-state index is 5.22. The fourth-order valence-electron chi connectivity index (χ4n) is 3.69. The first-order valence-corrected chi connectivity index (χ1v) is 9.20. The van der Waals surface area contributed by atoms with E-state index in [0.29, 0.717) is 12.0 Å². The highest BCUT2D eigenvalue weighted by molar-refractivity contribution is 5.32. The van der Waals surface area contributed by atoms with Gasteiger partial charge in [0.25, 0.3) is 0 Å². The number of ether oxygens (including phenoxy) is 1. The molecule has 1 aliphatic carbocycles. The van der Waals surface area contributed by atoms with Crippen molar-refractivity contribution < 1.29 is 4.74 Å². The van der Waals surface area contributed by atoms with Crippen LogP contribution in [0.15, 0.2) is 48.5 Å². The van der Waals surface area contributed by atoms with Gasteiger partial charge in [0.15, 0.2) is 0 Å². The molecule has 3 rings (SSSR count). The van der Waals surface area contributed by atoms with Gasteiger partial charge in [-0.05, 0) is 73.8 Å². The van der Waals surface area contributed by atoms with Crippen LogP contribution in [0.2, 0.25) is 0 Å². The number of fused-ring (bicyclic) bond motifs is 1. The van der Waals surface area contributed by atoms with Crippen LogP contribution in [0.25, 0.3) is 0 Å². The molecule has 0 saturated heterocycles. The molecular formula is C22H29NO. The van der Waals surface area contributed by atoms with E-state index < -0.39 is 0 Å². The molecule has 2 atom stereocenters. The van der Waals surface area contributed by atoms with Crippen molar-refractivity contribution in [2.75, 3.05) is 13.7 Å². The van der Waals surface area contributed by atoms with E-state index in [1.165, 1.54) is 31.2 Å². The third-order valence-electron chi connectivity index (χ3n) is 5.23. The Hall–Kier alpha value is -1.80. The summed E-state index contributed by atoms with van der Waals surface area (Å²) >= 11 is 0. The second-order valence-corrected chi connectivity index (χ2v) is 6.98. The molecular weight excluding hydrogens is 294 g/mol. The van der Waals surface area contributed by atoms with Crippen LogP contribution in [-0.4, -0.2) is 19.7 Å². The highest BCUT2D eigenvalue weighted by Gasteiger charge is 2.19. The second kappa shape index (κ2) is 8.34. The SMILES string of the molecule is COc1ccc(CCC(C)NCC2CCCc3ccccc32)cc1. The Labute approximate surface area is 146 Å². The van der Waals surface area contributed by atoms with Gasteiger partial charge in [0.2, 0.25) is 0 Å². The maximum absolute atomic E-state index is 5.22. The number of hydrogen-bond acceptors (Lipinski definition) is 2. The predicted octanol–water partition coefficient (Wildman–Crippen LogP) is 4.73. The van der Waals surface area contributed by atoms with Gasteiger partial charge in [0, 0.05) is 12.6 Å². The molecule has 2 unspecified atom stereocenters. The Balaban J connectivity index is 1.46. The molecule has 0 spiro atoms. The highest BCUT2D eigenvalue weighted by atomic mass is 16.5. The summed E-state index contributed by atoms with van der Waals surface area (Å²) in [5, 5.41) is 3.76. The zero-order valence-electron chi connectivity index (χ0n) is 14.9. The summed E-state index contributed by atoms with van der Waals surface area (Å²) < 4.78 is 5.22. The Bertz CT molecular complexity index is 635. The summed E-state index contributed by atoms with van der Waals surface area (Å²) in [7, 11) is 1.71. The van der Waals surface area contributed by atoms with E-state index in [9.17, 15) is 0 Å². The molecule has 0 heterocycles. The van der Waals surface area contributed by atoms with E-state index in [1.807, 2.05) is 12.1 Å². The lowest BCUT2D eigenvalue weighted by atomic mass is 9.83. The smallest absolute Gasteiger partial charge is 0.118 e. The zero-order chi connectivity index (χ0) is 16.8. The van der Waals surface area contributed by atoms with E-state index in [0.717, 1.165) is 18.7 Å². The molecule has 24 heavy (non-hydrogen) atoms. The number of rotatable bonds is 7. The van der Waals surface area contributed by atoms with Crippen molar-refractivity contribution in [1.82, 2.24) is 5.32 Å². The molecule has 0 aliphatic heterocycles. The molecule has 1 aliphatic rings. The molecule has 0 amide bonds. The van der Waals surface area contributed by atoms with Gasteiger partial charge < -0.3 is 10.1 Å². The summed E-state index contributed by atoms with van der Waals surface area (Å²) in [6, 6.07) is 18.0. The molecule has 0 aromatic heterocycles. The van der Waals surface area contributed by atoms with Crippen molar-refractivity contribution in [2.45, 2.75) is 51.0 Å². The van der Waals surface area contributed by atoms with E-state index in [2.05, 4.69) is 48.6 Å². The minimum absolute atomic E-state index is 0.543. The first-order valence-electron chi connectivity index (χ1n) is 9.20. The summed E-state index contributed by atoms with van der Waals surface area (Å²) in [5.74, 6) is 1.61. The van der Waals surface area contributed by atoms with Crippen LogP contribution in [0.1, 0.15) is 48.8 Å². The quantitative estimate of drug-likeness (QED) is 0.795. The molecule has 2 aromatic carbocycles. The summed E-state index contributed by atoms with van der Waals surface area (Å²) in [5.41, 5.74) is 4.51. The molecule has 128 valence electrons. The van der Waals surface area contributed by atoms with Crippen molar-refractivity contribution in [2.24, 2.45) is 0 Å². The Morgan fingerprint density at radius 2 is 1.92 bits per heavy atom. The van der Waals surface area contributed by atoms with Gasteiger partial charge in [-0.2, -0.15) is 0 Å². The lowest BCUT2D eigenvalue weighted by Gasteiger charge is -2.27. The first kappa shape index (κ1) is 17.0. The van der Waals surface area contributed by atoms with E-state index in [1.54, 1.807) is 18.2 Å². The minimum Gasteiger partial charge on any atom is -0.497 e. The Morgan fingerprint density at radius 1 is 1.12 bits per heavy atom. The summed E-state index contributed by atoms with van der Waals surface area (Å²) in [4.78, 5) is 0. The van der Waals surface area contributed by atoms with Gasteiger partial charge in [0.1, 0.15) is 5.75 Å². The number of aryl methyl sites for hydroxylation is 2. The highest BCUT2D eigenvalue weighted by Crippen LogP contribution is 2.30. The minimum atomic E-state index is 0.543. The van der Waals surface area contributed by atoms with Crippen molar-refractivity contribution in [3.05, 3.63) is 65.2 Å². The van der Waals surface area contributed by atoms with Crippen LogP contribution in [0.4, 0.5) is 0 Å². The predicted molar refractivity (Wildman–Crippen MR) is 101 cm³/mol. The normalized spacial score (nSPS) is 18.0. The lowest BCUT2D eigenvalue weighted by molar-refractivity contribution is 0.414. The van der Waals surface area contributed by atoms with Gasteiger partial charge in [-0.25, -0.2) is 0 Å². The molecule has 0 bridgehead atoms. The topological polar surface area (TPSA) is 21.3 Å². The van der Waals surface area contributed by atoms with E-state index in [4.69, 9.17) is 4.74 Å². The Kier molecular flexibility index (Phi) is 5.92. The average molecular weight is 323 g/mol. The molecule has 2 heteroatoms. The summed E-state index contributed by atoms with van der Waals surface area (Å²) in [6.45, 7) is 3.40. The van der Waals surface area contributed by atoms with Crippen molar-refractivity contribution in [1.29, 1.82) is 0 Å². The van der Waals surface area contributed by atoms with Gasteiger partial charge >= 0.3 is 0 Å². The van der Waals surface area contributed by atoms with E-state index >= 15 is 0 Å². The standard InChI is InChI=1S/C22H29NO/c1-17(10-11-18-12-14-21(24-2)15-13-18)23-16-20-8-5-7-19-6-3-4-9-22(19)20/h3-4,6,9,12-15,17,20,23H,5,7-8,10-11,16H2,1-2H3. The molecule has 0 radical (unpaired) electrons. The number of methoxy groups -OCH3 is 1. The van der Waals surface area contributed by atoms with Crippen molar-refractivity contribution >= 4 is 0 Å². The Morgan fingerprint density at radius 3 is 2.71 bits per heavy atom. The maximum Gasteiger partial charge on any atom is 0.118 e. The molecule has 1 N–H and O–H groups in total. The fourth-order valence-corrected chi connectivity index (χ4v) is 3.69. The van der Waals surface area contributed by atoms with Crippen LogP contribution < -0.4 is 10.1 Å². The molecule has 2 nitrogen and oxygen atoms in total. The van der Waals surface area contributed by atoms with Crippen LogP contribution in [0, 0.1) is 0 Å². The first-order chi connectivity index (χ1) is 11.8. The van der Waals surface area contributed by atoms with Gasteiger partial charge in [0.05, 0.1) is 7.11 Å². The fraction of sp³-hybridized carbons (Fsp3) is 0.455. The van der Waals surface area contributed by atoms with Crippen LogP contribution in [0.5, 0.6) is 5.75 Å². The molecule has 0 fully saturated rings. The number of nitrogens with one attached hydrogen (secondary N) is 1. The summed E-state index contributed by atoms with van der Waals surface area (Å²) in [6.07, 6.45) is 6.17. The van der Waals surface area contributed by atoms with Crippen LogP contribution in [0.3, 0.4) is 0 Å². The molecule has 0 saturated carbocycles. The molecule has 2 aromatic rings. The number of hydrogen-bond donors (Lipinski definition) is 1. The zero-order valence-corrected chi connectivity index (χ0v) is 14.9. The average Bonchev–Trinajstić information content (AvgIpc) is 2.65. The van der Waals surface area contributed by atoms with Crippen LogP contribution in [-0.2, 0) is 12.8 Å². The van der Waals surface area contributed by atoms with Gasteiger partial charge in [-0.3, -0.25) is 0 Å². The second-order valence-electron chi connectivity index (χ2n) is 6.98.